The molecular formula is C23H24N2O5. The lowest BCUT2D eigenvalue weighted by atomic mass is 10.1. The number of rotatable bonds is 7. The molecule has 2 aromatic rings. The van der Waals surface area contributed by atoms with Crippen LogP contribution in [0.2, 0.25) is 0 Å². The summed E-state index contributed by atoms with van der Waals surface area (Å²) < 4.78 is 17.7. The number of fused-ring (bicyclic) bond motifs is 1. The fourth-order valence-electron chi connectivity index (χ4n) is 3.27. The monoisotopic (exact) mass is 408 g/mol. The molecule has 0 aliphatic carbocycles. The first kappa shape index (κ1) is 21.2. The fraction of sp³-hybridized carbons (Fsp3) is 0.348. The van der Waals surface area contributed by atoms with Crippen LogP contribution >= 0.6 is 0 Å². The molecule has 0 radical (unpaired) electrons. The molecule has 2 heterocycles. The highest BCUT2D eigenvalue weighted by Crippen LogP contribution is 2.32. The number of nitrogens with zero attached hydrogens (tertiary/aromatic N) is 2. The van der Waals surface area contributed by atoms with E-state index >= 15 is 0 Å². The molecule has 1 aromatic heterocycles. The first-order valence-electron chi connectivity index (χ1n) is 9.68. The molecule has 30 heavy (non-hydrogen) atoms. The Hall–Kier alpha value is -3.53. The van der Waals surface area contributed by atoms with Gasteiger partial charge in [0, 0.05) is 23.5 Å². The molecule has 1 aromatic carbocycles. The van der Waals surface area contributed by atoms with E-state index in [1.165, 1.54) is 6.08 Å². The van der Waals surface area contributed by atoms with Crippen molar-refractivity contribution < 1.29 is 23.8 Å². The molecule has 0 bridgehead atoms. The number of aryl methyl sites for hydroxylation is 1. The van der Waals surface area contributed by atoms with Crippen LogP contribution in [0, 0.1) is 31.1 Å². The Morgan fingerprint density at radius 2 is 1.97 bits per heavy atom. The molecule has 156 valence electrons. The molecule has 0 unspecified atom stereocenters. The largest absolute Gasteiger partial charge is 0.454 e. The summed E-state index contributed by atoms with van der Waals surface area (Å²) in [5.41, 5.74) is 2.99. The zero-order valence-electron chi connectivity index (χ0n) is 17.5. The Morgan fingerprint density at radius 1 is 1.23 bits per heavy atom. The number of ether oxygens (including phenoxy) is 3. The number of carbonyl (C=O) groups excluding carboxylic acids is 2. The minimum absolute atomic E-state index is 0.107. The normalized spacial score (nSPS) is 12.7. The first-order valence-corrected chi connectivity index (χ1v) is 9.68. The van der Waals surface area contributed by atoms with Gasteiger partial charge in [0.2, 0.25) is 6.79 Å². The van der Waals surface area contributed by atoms with Crippen LogP contribution in [0.5, 0.6) is 11.5 Å². The van der Waals surface area contributed by atoms with E-state index in [2.05, 4.69) is 18.4 Å². The van der Waals surface area contributed by atoms with Crippen molar-refractivity contribution in [2.75, 3.05) is 13.4 Å². The number of nitriles is 1. The molecule has 7 nitrogen and oxygen atoms in total. The van der Waals surface area contributed by atoms with E-state index in [1.807, 2.05) is 26.0 Å². The molecule has 0 fully saturated rings. The lowest BCUT2D eigenvalue weighted by Gasteiger charge is -2.12. The number of benzene rings is 1. The lowest BCUT2D eigenvalue weighted by molar-refractivity contribution is -0.137. The third-order valence-corrected chi connectivity index (χ3v) is 4.83. The summed E-state index contributed by atoms with van der Waals surface area (Å²) in [6, 6.07) is 8.56. The van der Waals surface area contributed by atoms with Crippen molar-refractivity contribution in [3.8, 4) is 17.6 Å². The zero-order chi connectivity index (χ0) is 21.8. The number of hydrogen-bond acceptors (Lipinski definition) is 6. The standard InChI is InChI=1S/C23H24N2O5/c1-14(2)11-25-15(3)7-18(16(25)4)8-19(10-24)23(27)28-12-20(26)17-5-6-21-22(9-17)30-13-29-21/h5-9,14H,11-13H2,1-4H3. The van der Waals surface area contributed by atoms with Crippen molar-refractivity contribution in [1.29, 1.82) is 5.26 Å². The molecule has 0 atom stereocenters. The van der Waals surface area contributed by atoms with Crippen LogP contribution in [0.3, 0.4) is 0 Å². The fourth-order valence-corrected chi connectivity index (χ4v) is 3.27. The van der Waals surface area contributed by atoms with E-state index in [0.29, 0.717) is 23.0 Å². The van der Waals surface area contributed by atoms with E-state index in [9.17, 15) is 14.9 Å². The summed E-state index contributed by atoms with van der Waals surface area (Å²) in [5.74, 6) is 0.276. The summed E-state index contributed by atoms with van der Waals surface area (Å²) >= 11 is 0. The van der Waals surface area contributed by atoms with E-state index in [4.69, 9.17) is 14.2 Å². The minimum atomic E-state index is -0.833. The molecule has 3 rings (SSSR count). The van der Waals surface area contributed by atoms with Crippen LogP contribution in [0.1, 0.15) is 41.2 Å². The number of ketones is 1. The smallest absolute Gasteiger partial charge is 0.349 e. The van der Waals surface area contributed by atoms with E-state index in [-0.39, 0.29) is 12.4 Å². The highest BCUT2D eigenvalue weighted by molar-refractivity contribution is 6.02. The van der Waals surface area contributed by atoms with E-state index in [1.54, 1.807) is 18.2 Å². The second kappa shape index (κ2) is 8.87. The van der Waals surface area contributed by atoms with Crippen LogP contribution in [-0.4, -0.2) is 29.7 Å². The van der Waals surface area contributed by atoms with Gasteiger partial charge in [0.05, 0.1) is 0 Å². The van der Waals surface area contributed by atoms with Gasteiger partial charge in [-0.15, -0.1) is 0 Å². The Bertz CT molecular complexity index is 1060. The maximum atomic E-state index is 12.4. The van der Waals surface area contributed by atoms with Crippen molar-refractivity contribution in [3.05, 3.63) is 52.4 Å². The molecule has 7 heteroatoms. The average molecular weight is 408 g/mol. The highest BCUT2D eigenvalue weighted by Gasteiger charge is 2.19. The van der Waals surface area contributed by atoms with Crippen LogP contribution in [0.4, 0.5) is 0 Å². The molecule has 0 saturated carbocycles. The van der Waals surface area contributed by atoms with E-state index < -0.39 is 18.4 Å². The quantitative estimate of drug-likeness (QED) is 0.299. The number of Topliss-reactive ketones (excluding diaryl/α,β-unsaturated/α-hetero) is 1. The SMILES string of the molecule is Cc1cc(C=C(C#N)C(=O)OCC(=O)c2ccc3c(c2)OCO3)c(C)n1CC(C)C. The number of hydrogen-bond donors (Lipinski definition) is 0. The van der Waals surface area contributed by atoms with Gasteiger partial charge in [0.25, 0.3) is 0 Å². The van der Waals surface area contributed by atoms with Gasteiger partial charge in [0.15, 0.2) is 23.9 Å². The van der Waals surface area contributed by atoms with Gasteiger partial charge < -0.3 is 18.8 Å². The Balaban J connectivity index is 1.69. The predicted octanol–water partition coefficient (Wildman–Crippen LogP) is 3.82. The number of esters is 1. The number of carbonyl (C=O) groups is 2. The van der Waals surface area contributed by atoms with Gasteiger partial charge in [-0.3, -0.25) is 4.79 Å². The second-order valence-corrected chi connectivity index (χ2v) is 7.57. The Kier molecular flexibility index (Phi) is 6.26. The topological polar surface area (TPSA) is 90.6 Å². The molecule has 0 saturated heterocycles. The van der Waals surface area contributed by atoms with Gasteiger partial charge in [-0.25, -0.2) is 4.79 Å². The van der Waals surface area contributed by atoms with Crippen LogP contribution in [0.15, 0.2) is 29.8 Å². The molecule has 0 spiro atoms. The van der Waals surface area contributed by atoms with Crippen molar-refractivity contribution in [2.24, 2.45) is 5.92 Å². The summed E-state index contributed by atoms with van der Waals surface area (Å²) in [6.07, 6.45) is 1.51. The third-order valence-electron chi connectivity index (χ3n) is 4.83. The molecule has 1 aliphatic rings. The molecule has 0 N–H and O–H groups in total. The summed E-state index contributed by atoms with van der Waals surface area (Å²) in [6.45, 7) is 8.68. The maximum absolute atomic E-state index is 12.4. The summed E-state index contributed by atoms with van der Waals surface area (Å²) in [7, 11) is 0. The zero-order valence-corrected chi connectivity index (χ0v) is 17.5. The third kappa shape index (κ3) is 4.54. The molecular weight excluding hydrogens is 384 g/mol. The van der Waals surface area contributed by atoms with Gasteiger partial charge in [0.1, 0.15) is 11.6 Å². The maximum Gasteiger partial charge on any atom is 0.349 e. The van der Waals surface area contributed by atoms with Gasteiger partial charge in [-0.1, -0.05) is 13.8 Å². The Morgan fingerprint density at radius 3 is 2.67 bits per heavy atom. The van der Waals surface area contributed by atoms with Crippen molar-refractivity contribution in [3.63, 3.8) is 0 Å². The first-order chi connectivity index (χ1) is 14.3. The minimum Gasteiger partial charge on any atom is -0.454 e. The highest BCUT2D eigenvalue weighted by atomic mass is 16.7. The predicted molar refractivity (Wildman–Crippen MR) is 110 cm³/mol. The summed E-state index contributed by atoms with van der Waals surface area (Å²) in [5, 5.41) is 9.42. The van der Waals surface area contributed by atoms with Crippen molar-refractivity contribution in [1.82, 2.24) is 4.57 Å². The van der Waals surface area contributed by atoms with Crippen LogP contribution < -0.4 is 9.47 Å². The lowest BCUT2D eigenvalue weighted by Crippen LogP contribution is -2.15. The van der Waals surface area contributed by atoms with Crippen molar-refractivity contribution >= 4 is 17.8 Å². The Labute approximate surface area is 175 Å². The number of aromatic nitrogens is 1. The van der Waals surface area contributed by atoms with Gasteiger partial charge in [-0.2, -0.15) is 5.26 Å². The van der Waals surface area contributed by atoms with Gasteiger partial charge in [-0.05, 0) is 55.7 Å². The second-order valence-electron chi connectivity index (χ2n) is 7.57. The average Bonchev–Trinajstić information content (AvgIpc) is 3.29. The van der Waals surface area contributed by atoms with Crippen molar-refractivity contribution in [2.45, 2.75) is 34.2 Å². The van der Waals surface area contributed by atoms with Crippen LogP contribution in [0.25, 0.3) is 6.08 Å². The van der Waals surface area contributed by atoms with Crippen LogP contribution in [-0.2, 0) is 16.1 Å². The molecule has 1 aliphatic heterocycles. The van der Waals surface area contributed by atoms with E-state index in [0.717, 1.165) is 23.5 Å². The molecule has 0 amide bonds. The summed E-state index contributed by atoms with van der Waals surface area (Å²) in [4.78, 5) is 24.7. The van der Waals surface area contributed by atoms with Gasteiger partial charge >= 0.3 is 5.97 Å².